The summed E-state index contributed by atoms with van der Waals surface area (Å²) in [6.07, 6.45) is -11.4. The molecule has 0 bridgehead atoms. The lowest BCUT2D eigenvalue weighted by Gasteiger charge is -2.38. The molecule has 3 aromatic carbocycles. The van der Waals surface area contributed by atoms with Gasteiger partial charge in [0, 0.05) is 11.6 Å². The minimum absolute atomic E-state index is 0.00991. The van der Waals surface area contributed by atoms with Crippen LogP contribution in [0.15, 0.2) is 89.8 Å². The van der Waals surface area contributed by atoms with Crippen LogP contribution in [0.4, 0.5) is 26.3 Å². The highest BCUT2D eigenvalue weighted by Gasteiger charge is 2.73. The molecule has 204 valence electrons. The van der Waals surface area contributed by atoms with Crippen molar-refractivity contribution in [3.63, 3.8) is 0 Å². The summed E-state index contributed by atoms with van der Waals surface area (Å²) in [7, 11) is -4.09. The Balaban J connectivity index is 1.82. The highest BCUT2D eigenvalue weighted by molar-refractivity contribution is 7.92. The van der Waals surface area contributed by atoms with Crippen LogP contribution in [0.2, 0.25) is 0 Å². The van der Waals surface area contributed by atoms with E-state index in [1.165, 1.54) is 48.5 Å². The van der Waals surface area contributed by atoms with E-state index in [2.05, 4.69) is 4.74 Å². The molecule has 1 saturated carbocycles. The van der Waals surface area contributed by atoms with Crippen LogP contribution in [0.3, 0.4) is 0 Å². The molecule has 4 rings (SSSR count). The third kappa shape index (κ3) is 4.71. The summed E-state index contributed by atoms with van der Waals surface area (Å²) in [5.41, 5.74) is 0.403. The second-order valence-electron chi connectivity index (χ2n) is 9.34. The first-order valence-corrected chi connectivity index (χ1v) is 13.2. The first-order chi connectivity index (χ1) is 17.7. The van der Waals surface area contributed by atoms with E-state index in [4.69, 9.17) is 5.73 Å². The number of rotatable bonds is 7. The van der Waals surface area contributed by atoms with Crippen molar-refractivity contribution in [1.82, 2.24) is 0 Å². The first-order valence-electron chi connectivity index (χ1n) is 11.7. The summed E-state index contributed by atoms with van der Waals surface area (Å²) in [4.78, 5) is -0.00991. The van der Waals surface area contributed by atoms with E-state index >= 15 is 0 Å². The monoisotopic (exact) mass is 557 g/mol. The van der Waals surface area contributed by atoms with Crippen LogP contribution in [0.25, 0.3) is 0 Å². The molecular weight excluding hydrogens is 532 g/mol. The highest BCUT2D eigenvalue weighted by atomic mass is 32.2. The van der Waals surface area contributed by atoms with E-state index < -0.39 is 50.8 Å². The van der Waals surface area contributed by atoms with Crippen molar-refractivity contribution in [2.45, 2.75) is 59.5 Å². The molecule has 1 aliphatic carbocycles. The third-order valence-corrected chi connectivity index (χ3v) is 9.52. The van der Waals surface area contributed by atoms with Crippen molar-refractivity contribution >= 4 is 9.84 Å². The summed E-state index contributed by atoms with van der Waals surface area (Å²) in [6, 6.07) is 17.5. The molecule has 0 spiro atoms. The Labute approximate surface area is 216 Å². The molecule has 0 aliphatic heterocycles. The van der Waals surface area contributed by atoms with Gasteiger partial charge in [-0.15, -0.1) is 0 Å². The second kappa shape index (κ2) is 10.0. The SMILES string of the molecule is NC1CCC(c2ccc(C(OCc3ccccc3)(C(F)(F)F)C(F)(F)F)cc2)(S(=O)(=O)c2ccccc2)C1. The van der Waals surface area contributed by atoms with Gasteiger partial charge in [0.25, 0.3) is 5.60 Å². The van der Waals surface area contributed by atoms with Crippen LogP contribution < -0.4 is 5.73 Å². The van der Waals surface area contributed by atoms with Crippen molar-refractivity contribution in [3.05, 3.63) is 102 Å². The summed E-state index contributed by atoms with van der Waals surface area (Å²) in [6.45, 7) is -0.956. The Morgan fingerprint density at radius 3 is 1.82 bits per heavy atom. The maximum absolute atomic E-state index is 14.2. The fourth-order valence-corrected chi connectivity index (χ4v) is 7.28. The number of hydrogen-bond acceptors (Lipinski definition) is 4. The van der Waals surface area contributed by atoms with Crippen molar-refractivity contribution in [2.75, 3.05) is 0 Å². The number of sulfone groups is 1. The molecule has 0 amide bonds. The molecule has 0 radical (unpaired) electrons. The largest absolute Gasteiger partial charge is 0.430 e. The van der Waals surface area contributed by atoms with Crippen molar-refractivity contribution in [2.24, 2.45) is 5.73 Å². The summed E-state index contributed by atoms with van der Waals surface area (Å²) >= 11 is 0. The van der Waals surface area contributed by atoms with Gasteiger partial charge in [0.2, 0.25) is 0 Å². The van der Waals surface area contributed by atoms with Gasteiger partial charge >= 0.3 is 12.4 Å². The van der Waals surface area contributed by atoms with E-state index in [1.807, 2.05) is 0 Å². The standard InChI is InChI=1S/C27H25F6NO3S/c28-26(29,30)25(27(31,32)33,37-18-19-7-3-1-4-8-19)21-13-11-20(12-14-21)24(16-15-22(34)17-24)38(35,36)23-9-5-2-6-10-23/h1-14,22H,15-18,34H2. The van der Waals surface area contributed by atoms with E-state index in [9.17, 15) is 34.8 Å². The van der Waals surface area contributed by atoms with Crippen LogP contribution in [-0.2, 0) is 31.5 Å². The zero-order valence-electron chi connectivity index (χ0n) is 20.0. The Morgan fingerprint density at radius 2 is 1.34 bits per heavy atom. The number of alkyl halides is 6. The van der Waals surface area contributed by atoms with Gasteiger partial charge in [0.05, 0.1) is 11.5 Å². The Bertz CT molecular complexity index is 1330. The summed E-state index contributed by atoms with van der Waals surface area (Å²) in [5.74, 6) is 0. The molecule has 3 aromatic rings. The zero-order chi connectivity index (χ0) is 27.8. The number of benzene rings is 3. The van der Waals surface area contributed by atoms with Gasteiger partial charge in [0.1, 0.15) is 4.75 Å². The Morgan fingerprint density at radius 1 is 0.816 bits per heavy atom. The molecule has 1 aliphatic rings. The average Bonchev–Trinajstić information content (AvgIpc) is 3.28. The zero-order valence-corrected chi connectivity index (χ0v) is 20.8. The molecule has 11 heteroatoms. The van der Waals surface area contributed by atoms with Gasteiger partial charge in [0.15, 0.2) is 9.84 Å². The van der Waals surface area contributed by atoms with Crippen LogP contribution in [0.5, 0.6) is 0 Å². The lowest BCUT2D eigenvalue weighted by Crippen LogP contribution is -2.55. The van der Waals surface area contributed by atoms with Crippen molar-refractivity contribution < 1.29 is 39.5 Å². The molecule has 4 nitrogen and oxygen atoms in total. The second-order valence-corrected chi connectivity index (χ2v) is 11.6. The predicted octanol–water partition coefficient (Wildman–Crippen LogP) is 6.40. The molecule has 38 heavy (non-hydrogen) atoms. The van der Waals surface area contributed by atoms with Crippen LogP contribution >= 0.6 is 0 Å². The van der Waals surface area contributed by atoms with E-state index in [-0.39, 0.29) is 28.9 Å². The van der Waals surface area contributed by atoms with Gasteiger partial charge < -0.3 is 10.5 Å². The molecular formula is C27H25F6NO3S. The Kier molecular flexibility index (Phi) is 7.41. The van der Waals surface area contributed by atoms with Crippen LogP contribution in [0, 0.1) is 0 Å². The normalized spacial score (nSPS) is 21.0. The topological polar surface area (TPSA) is 69.4 Å². The van der Waals surface area contributed by atoms with Gasteiger partial charge in [-0.05, 0) is 42.5 Å². The van der Waals surface area contributed by atoms with Gasteiger partial charge in [-0.1, -0.05) is 72.8 Å². The predicted molar refractivity (Wildman–Crippen MR) is 129 cm³/mol. The minimum Gasteiger partial charge on any atom is -0.349 e. The lowest BCUT2D eigenvalue weighted by molar-refractivity contribution is -0.392. The molecule has 0 heterocycles. The summed E-state index contributed by atoms with van der Waals surface area (Å²) < 4.78 is 116. The fourth-order valence-electron chi connectivity index (χ4n) is 5.04. The van der Waals surface area contributed by atoms with Gasteiger partial charge in [-0.2, -0.15) is 26.3 Å². The fraction of sp³-hybridized carbons (Fsp3) is 0.333. The average molecular weight is 558 g/mol. The Hall–Kier alpha value is -2.89. The molecule has 2 atom stereocenters. The van der Waals surface area contributed by atoms with Crippen LogP contribution in [-0.4, -0.2) is 26.8 Å². The lowest BCUT2D eigenvalue weighted by atomic mass is 9.88. The van der Waals surface area contributed by atoms with Gasteiger partial charge in [-0.25, -0.2) is 8.42 Å². The summed E-state index contributed by atoms with van der Waals surface area (Å²) in [5, 5.41) is 0. The minimum atomic E-state index is -5.87. The molecule has 0 saturated heterocycles. The van der Waals surface area contributed by atoms with E-state index in [1.54, 1.807) is 12.1 Å². The number of ether oxygens (including phenoxy) is 1. The third-order valence-electron chi connectivity index (χ3n) is 6.99. The number of nitrogens with two attached hydrogens (primary N) is 1. The van der Waals surface area contributed by atoms with Crippen molar-refractivity contribution in [1.29, 1.82) is 0 Å². The maximum Gasteiger partial charge on any atom is 0.430 e. The van der Waals surface area contributed by atoms with E-state index in [0.29, 0.717) is 18.6 Å². The van der Waals surface area contributed by atoms with Gasteiger partial charge in [-0.3, -0.25) is 0 Å². The number of hydrogen-bond donors (Lipinski definition) is 1. The van der Waals surface area contributed by atoms with Crippen LogP contribution in [0.1, 0.15) is 36.0 Å². The first kappa shape index (κ1) is 28.1. The van der Waals surface area contributed by atoms with E-state index in [0.717, 1.165) is 12.1 Å². The quantitative estimate of drug-likeness (QED) is 0.341. The molecule has 2 N–H and O–H groups in total. The van der Waals surface area contributed by atoms with Crippen molar-refractivity contribution in [3.8, 4) is 0 Å². The highest BCUT2D eigenvalue weighted by Crippen LogP contribution is 2.54. The molecule has 2 unspecified atom stereocenters. The molecule has 0 aromatic heterocycles. The number of halogens is 6. The smallest absolute Gasteiger partial charge is 0.349 e. The maximum atomic E-state index is 14.2. The molecule has 1 fully saturated rings.